The van der Waals surface area contributed by atoms with E-state index in [1.54, 1.807) is 45.5 Å². The number of nitrogens with zero attached hydrogens (tertiary/aromatic N) is 4. The molecule has 3 aromatic heterocycles. The third-order valence-electron chi connectivity index (χ3n) is 6.30. The molecule has 0 atom stereocenters. The van der Waals surface area contributed by atoms with Gasteiger partial charge in [0.2, 0.25) is 0 Å². The number of anilines is 3. The molecule has 0 bridgehead atoms. The van der Waals surface area contributed by atoms with Gasteiger partial charge in [-0.1, -0.05) is 6.92 Å². The number of carbonyl (C=O) groups excluding carboxylic acids is 1. The van der Waals surface area contributed by atoms with E-state index in [0.717, 1.165) is 11.1 Å². The SMILES string of the molecule is CCc1c(NC(=O)Nc2cc(-c3cc4cnc(NC)cc4n(C)c3=O)c(C)cc2F)cnn1C(C)(C)C. The molecule has 0 spiro atoms. The van der Waals surface area contributed by atoms with Gasteiger partial charge in [-0.3, -0.25) is 9.48 Å². The summed E-state index contributed by atoms with van der Waals surface area (Å²) in [6.07, 6.45) is 3.93. The lowest BCUT2D eigenvalue weighted by Gasteiger charge is -2.22. The van der Waals surface area contributed by atoms with Gasteiger partial charge < -0.3 is 20.5 Å². The van der Waals surface area contributed by atoms with Crippen molar-refractivity contribution in [1.82, 2.24) is 19.3 Å². The Hall–Kier alpha value is -4.21. The Balaban J connectivity index is 1.69. The smallest absolute Gasteiger partial charge is 0.323 e. The Morgan fingerprint density at radius 2 is 1.76 bits per heavy atom. The van der Waals surface area contributed by atoms with E-state index in [-0.39, 0.29) is 16.8 Å². The molecule has 0 aliphatic carbocycles. The molecule has 0 radical (unpaired) electrons. The summed E-state index contributed by atoms with van der Waals surface area (Å²) < 4.78 is 18.3. The molecular weight excluding hydrogens is 473 g/mol. The fraction of sp³-hybridized carbons (Fsp3) is 0.333. The van der Waals surface area contributed by atoms with Gasteiger partial charge in [0.25, 0.3) is 5.56 Å². The maximum atomic E-state index is 14.9. The van der Waals surface area contributed by atoms with E-state index in [1.807, 2.05) is 32.4 Å². The maximum absolute atomic E-state index is 14.9. The highest BCUT2D eigenvalue weighted by molar-refractivity contribution is 6.00. The summed E-state index contributed by atoms with van der Waals surface area (Å²) in [6.45, 7) is 9.78. The molecule has 0 aliphatic heterocycles. The number of rotatable bonds is 5. The van der Waals surface area contributed by atoms with Crippen molar-refractivity contribution in [2.75, 3.05) is 23.0 Å². The van der Waals surface area contributed by atoms with E-state index in [1.165, 1.54) is 16.7 Å². The van der Waals surface area contributed by atoms with Gasteiger partial charge in [-0.25, -0.2) is 14.2 Å². The Kier molecular flexibility index (Phi) is 6.77. The average Bonchev–Trinajstić information content (AvgIpc) is 3.26. The fourth-order valence-corrected chi connectivity index (χ4v) is 4.43. The minimum absolute atomic E-state index is 0.0369. The number of carbonyl (C=O) groups is 1. The first-order valence-corrected chi connectivity index (χ1v) is 12.1. The summed E-state index contributed by atoms with van der Waals surface area (Å²) in [5, 5.41) is 13.5. The van der Waals surface area contributed by atoms with Crippen molar-refractivity contribution in [3.8, 4) is 11.1 Å². The molecule has 4 rings (SSSR count). The molecule has 3 heterocycles. The van der Waals surface area contributed by atoms with E-state index in [4.69, 9.17) is 0 Å². The number of halogens is 1. The first kappa shape index (κ1) is 25.9. The molecular formula is C27H32FN7O2. The van der Waals surface area contributed by atoms with E-state index >= 15 is 0 Å². The van der Waals surface area contributed by atoms with Gasteiger partial charge in [0, 0.05) is 37.3 Å². The van der Waals surface area contributed by atoms with Crippen molar-refractivity contribution < 1.29 is 9.18 Å². The van der Waals surface area contributed by atoms with Crippen LogP contribution in [0.1, 0.15) is 39.0 Å². The molecule has 0 fully saturated rings. The Morgan fingerprint density at radius 1 is 1.05 bits per heavy atom. The van der Waals surface area contributed by atoms with Crippen molar-refractivity contribution in [3.05, 3.63) is 64.1 Å². The second-order valence-electron chi connectivity index (χ2n) is 9.97. The van der Waals surface area contributed by atoms with Gasteiger partial charge in [-0.05, 0) is 63.4 Å². The first-order chi connectivity index (χ1) is 17.4. The molecule has 3 N–H and O–H groups in total. The molecule has 37 heavy (non-hydrogen) atoms. The number of fused-ring (bicyclic) bond motifs is 1. The Labute approximate surface area is 214 Å². The lowest BCUT2D eigenvalue weighted by atomic mass is 9.99. The number of amides is 2. The molecule has 194 valence electrons. The van der Waals surface area contributed by atoms with Crippen LogP contribution in [0.3, 0.4) is 0 Å². The van der Waals surface area contributed by atoms with Crippen LogP contribution in [0.4, 0.5) is 26.4 Å². The topological polar surface area (TPSA) is 106 Å². The van der Waals surface area contributed by atoms with Crippen molar-refractivity contribution in [1.29, 1.82) is 0 Å². The summed E-state index contributed by atoms with van der Waals surface area (Å²) in [4.78, 5) is 30.4. The zero-order valence-corrected chi connectivity index (χ0v) is 22.2. The van der Waals surface area contributed by atoms with Gasteiger partial charge in [0.15, 0.2) is 0 Å². The fourth-order valence-electron chi connectivity index (χ4n) is 4.43. The molecule has 9 nitrogen and oxygen atoms in total. The third-order valence-corrected chi connectivity index (χ3v) is 6.30. The van der Waals surface area contributed by atoms with Crippen molar-refractivity contribution >= 4 is 34.1 Å². The predicted molar refractivity (Wildman–Crippen MR) is 146 cm³/mol. The second kappa shape index (κ2) is 9.68. The van der Waals surface area contributed by atoms with Gasteiger partial charge in [-0.15, -0.1) is 0 Å². The lowest BCUT2D eigenvalue weighted by Crippen LogP contribution is -2.26. The monoisotopic (exact) mass is 505 g/mol. The van der Waals surface area contributed by atoms with Crippen LogP contribution in [0.5, 0.6) is 0 Å². The molecule has 0 aliphatic rings. The average molecular weight is 506 g/mol. The normalized spacial score (nSPS) is 11.6. The van der Waals surface area contributed by atoms with Crippen molar-refractivity contribution in [2.45, 2.75) is 46.6 Å². The van der Waals surface area contributed by atoms with Gasteiger partial charge in [0.1, 0.15) is 11.6 Å². The molecule has 1 aromatic carbocycles. The van der Waals surface area contributed by atoms with Gasteiger partial charge in [0.05, 0.1) is 34.3 Å². The summed E-state index contributed by atoms with van der Waals surface area (Å²) in [7, 11) is 3.44. The lowest BCUT2D eigenvalue weighted by molar-refractivity contribution is 0.262. The summed E-state index contributed by atoms with van der Waals surface area (Å²) in [5.41, 5.74) is 3.07. The van der Waals surface area contributed by atoms with Crippen LogP contribution in [0.2, 0.25) is 0 Å². The van der Waals surface area contributed by atoms with Crippen LogP contribution in [0, 0.1) is 12.7 Å². The number of nitrogens with one attached hydrogen (secondary N) is 3. The highest BCUT2D eigenvalue weighted by Crippen LogP contribution is 2.30. The van der Waals surface area contributed by atoms with E-state index in [2.05, 4.69) is 26.0 Å². The van der Waals surface area contributed by atoms with Gasteiger partial charge >= 0.3 is 6.03 Å². The van der Waals surface area contributed by atoms with E-state index in [0.29, 0.717) is 40.1 Å². The summed E-state index contributed by atoms with van der Waals surface area (Å²) in [6, 6.07) is 5.73. The van der Waals surface area contributed by atoms with E-state index in [9.17, 15) is 14.0 Å². The summed E-state index contributed by atoms with van der Waals surface area (Å²) >= 11 is 0. The number of urea groups is 1. The molecule has 0 unspecified atom stereocenters. The predicted octanol–water partition coefficient (Wildman–Crippen LogP) is 5.25. The number of pyridine rings is 2. The number of benzene rings is 1. The molecule has 0 saturated heterocycles. The highest BCUT2D eigenvalue weighted by atomic mass is 19.1. The van der Waals surface area contributed by atoms with Crippen LogP contribution in [0.15, 0.2) is 41.5 Å². The molecule has 10 heteroatoms. The van der Waals surface area contributed by atoms with Crippen molar-refractivity contribution in [2.24, 2.45) is 7.05 Å². The number of hydrogen-bond donors (Lipinski definition) is 3. The third kappa shape index (κ3) is 4.91. The number of aromatic nitrogens is 4. The quantitative estimate of drug-likeness (QED) is 0.344. The zero-order chi connectivity index (χ0) is 27.1. The molecule has 2 amide bonds. The minimum atomic E-state index is -0.605. The standard InChI is InChI=1S/C27H32FN7O2/c1-8-22-21(14-31-35(22)27(3,4)5)33-26(37)32-20-11-17(15(2)9-19(20)28)18-10-16-13-30-24(29-6)12-23(16)34(7)25(18)36/h9-14H,8H2,1-7H3,(H,29,30)(H2,32,33,37). The maximum Gasteiger partial charge on any atom is 0.323 e. The largest absolute Gasteiger partial charge is 0.373 e. The zero-order valence-electron chi connectivity index (χ0n) is 22.2. The van der Waals surface area contributed by atoms with Gasteiger partial charge in [-0.2, -0.15) is 5.10 Å². The Bertz CT molecular complexity index is 1560. The van der Waals surface area contributed by atoms with Crippen LogP contribution < -0.4 is 21.5 Å². The first-order valence-electron chi connectivity index (χ1n) is 12.1. The van der Waals surface area contributed by atoms with Crippen molar-refractivity contribution in [3.63, 3.8) is 0 Å². The second-order valence-corrected chi connectivity index (χ2v) is 9.97. The minimum Gasteiger partial charge on any atom is -0.373 e. The van der Waals surface area contributed by atoms with Crippen LogP contribution >= 0.6 is 0 Å². The Morgan fingerprint density at radius 3 is 2.41 bits per heavy atom. The van der Waals surface area contributed by atoms with Crippen LogP contribution in [-0.2, 0) is 19.0 Å². The number of hydrogen-bond acceptors (Lipinski definition) is 5. The highest BCUT2D eigenvalue weighted by Gasteiger charge is 2.21. The molecule has 4 aromatic rings. The van der Waals surface area contributed by atoms with E-state index < -0.39 is 11.8 Å². The summed E-state index contributed by atoms with van der Waals surface area (Å²) in [5.74, 6) is 0.0421. The van der Waals surface area contributed by atoms with Crippen LogP contribution in [0.25, 0.3) is 22.0 Å². The molecule has 0 saturated carbocycles. The number of aryl methyl sites for hydroxylation is 2. The van der Waals surface area contributed by atoms with Crippen LogP contribution in [-0.4, -0.2) is 32.4 Å².